The number of alkyl carbamates (subject to hydrolysis) is 2. The van der Waals surface area contributed by atoms with Gasteiger partial charge in [0.15, 0.2) is 0 Å². The lowest BCUT2D eigenvalue weighted by Crippen LogP contribution is -2.47. The minimum Gasteiger partial charge on any atom is -0.496 e. The summed E-state index contributed by atoms with van der Waals surface area (Å²) in [6, 6.07) is 3.35. The zero-order chi connectivity index (χ0) is 23.8. The number of ether oxygens (including phenoxy) is 5. The van der Waals surface area contributed by atoms with Crippen LogP contribution in [-0.4, -0.2) is 50.7 Å². The molecule has 0 aliphatic rings. The summed E-state index contributed by atoms with van der Waals surface area (Å²) >= 11 is 0. The summed E-state index contributed by atoms with van der Waals surface area (Å²) in [5, 5.41) is 4.86. The number of benzene rings is 1. The second-order valence-corrected chi connectivity index (χ2v) is 8.43. The van der Waals surface area contributed by atoms with Crippen molar-refractivity contribution in [2.24, 2.45) is 4.99 Å². The normalized spacial score (nSPS) is 11.1. The average molecular weight is 440 g/mol. The molecular formula is C21H33N3O7. The molecule has 0 radical (unpaired) electrons. The number of nitrogens with one attached hydrogen (secondary N) is 2. The summed E-state index contributed by atoms with van der Waals surface area (Å²) in [5.74, 6) is 1.33. The average Bonchev–Trinajstić information content (AvgIpc) is 2.62. The second kappa shape index (κ2) is 10.7. The number of nitrogens with zero attached hydrogens (tertiary/aromatic N) is 1. The molecular weight excluding hydrogens is 406 g/mol. The Labute approximate surface area is 183 Å². The molecule has 31 heavy (non-hydrogen) atoms. The molecule has 0 aliphatic heterocycles. The highest BCUT2D eigenvalue weighted by atomic mass is 16.6. The van der Waals surface area contributed by atoms with Gasteiger partial charge in [-0.25, -0.2) is 14.6 Å². The molecule has 0 aromatic heterocycles. The fourth-order valence-corrected chi connectivity index (χ4v) is 2.30. The van der Waals surface area contributed by atoms with E-state index in [0.29, 0.717) is 22.8 Å². The molecule has 1 aromatic rings. The number of methoxy groups -OCH3 is 3. The van der Waals surface area contributed by atoms with Crippen LogP contribution < -0.4 is 24.8 Å². The van der Waals surface area contributed by atoms with Crippen LogP contribution in [0, 0.1) is 0 Å². The molecule has 0 atom stereocenters. The number of carbonyl (C=O) groups excluding carboxylic acids is 2. The van der Waals surface area contributed by atoms with Gasteiger partial charge in [0.1, 0.15) is 28.5 Å². The van der Waals surface area contributed by atoms with Gasteiger partial charge in [0.2, 0.25) is 5.96 Å². The van der Waals surface area contributed by atoms with E-state index in [1.807, 2.05) is 0 Å². The Kier molecular flexibility index (Phi) is 8.96. The minimum atomic E-state index is -0.782. The largest absolute Gasteiger partial charge is 0.496 e. The van der Waals surface area contributed by atoms with Gasteiger partial charge in [0, 0.05) is 12.1 Å². The topological polar surface area (TPSA) is 117 Å². The van der Waals surface area contributed by atoms with Crippen molar-refractivity contribution in [2.45, 2.75) is 59.3 Å². The Balaban J connectivity index is 3.20. The third-order valence-electron chi connectivity index (χ3n) is 3.45. The Hall–Kier alpha value is -3.17. The van der Waals surface area contributed by atoms with Crippen LogP contribution in [0.15, 0.2) is 17.1 Å². The van der Waals surface area contributed by atoms with Gasteiger partial charge < -0.3 is 23.7 Å². The number of hydrogen-bond acceptors (Lipinski definition) is 8. The highest BCUT2D eigenvalue weighted by Crippen LogP contribution is 2.34. The summed E-state index contributed by atoms with van der Waals surface area (Å²) in [4.78, 5) is 28.7. The van der Waals surface area contributed by atoms with Crippen molar-refractivity contribution in [1.29, 1.82) is 0 Å². The summed E-state index contributed by atoms with van der Waals surface area (Å²) in [6.07, 6.45) is -1.56. The molecule has 174 valence electrons. The van der Waals surface area contributed by atoms with Crippen LogP contribution in [0.3, 0.4) is 0 Å². The summed E-state index contributed by atoms with van der Waals surface area (Å²) in [6.45, 7) is 10.3. The molecule has 0 saturated heterocycles. The third kappa shape index (κ3) is 9.45. The molecule has 0 saturated carbocycles. The minimum absolute atomic E-state index is 0.0112. The highest BCUT2D eigenvalue weighted by molar-refractivity contribution is 6.01. The molecule has 1 aromatic carbocycles. The maximum atomic E-state index is 12.2. The number of carbonyl (C=O) groups is 2. The van der Waals surface area contributed by atoms with Crippen LogP contribution in [0.1, 0.15) is 47.1 Å². The zero-order valence-electron chi connectivity index (χ0n) is 19.7. The molecule has 2 amide bonds. The molecule has 0 spiro atoms. The number of guanidine groups is 1. The van der Waals surface area contributed by atoms with Crippen LogP contribution in [0.2, 0.25) is 0 Å². The van der Waals surface area contributed by atoms with Crippen molar-refractivity contribution >= 4 is 18.1 Å². The van der Waals surface area contributed by atoms with Crippen LogP contribution in [0.5, 0.6) is 17.2 Å². The van der Waals surface area contributed by atoms with E-state index in [2.05, 4.69) is 15.6 Å². The lowest BCUT2D eigenvalue weighted by molar-refractivity contribution is 0.0545. The molecule has 0 bridgehead atoms. The first-order valence-corrected chi connectivity index (χ1v) is 9.61. The van der Waals surface area contributed by atoms with Crippen molar-refractivity contribution in [2.75, 3.05) is 21.3 Å². The maximum Gasteiger partial charge on any atom is 0.414 e. The van der Waals surface area contributed by atoms with Crippen molar-refractivity contribution in [3.8, 4) is 17.2 Å². The SMILES string of the molecule is COc1cc(OC)c(CN=C(NC(=O)OC(C)(C)C)NC(=O)OC(C)(C)C)c(OC)c1. The predicted molar refractivity (Wildman–Crippen MR) is 116 cm³/mol. The fourth-order valence-electron chi connectivity index (χ4n) is 2.30. The van der Waals surface area contributed by atoms with Gasteiger partial charge in [-0.1, -0.05) is 0 Å². The number of aliphatic imine (C=N–C) groups is 1. The zero-order valence-corrected chi connectivity index (χ0v) is 19.7. The molecule has 0 heterocycles. The third-order valence-corrected chi connectivity index (χ3v) is 3.45. The van der Waals surface area contributed by atoms with E-state index in [0.717, 1.165) is 0 Å². The van der Waals surface area contributed by atoms with Crippen LogP contribution in [0.4, 0.5) is 9.59 Å². The molecule has 10 nitrogen and oxygen atoms in total. The number of amides is 2. The first-order valence-electron chi connectivity index (χ1n) is 9.61. The fraction of sp³-hybridized carbons (Fsp3) is 0.571. The first kappa shape index (κ1) is 25.9. The van der Waals surface area contributed by atoms with Crippen LogP contribution in [0.25, 0.3) is 0 Å². The standard InChI is InChI=1S/C21H33N3O7/c1-20(2,3)30-18(25)23-17(24-19(26)31-21(4,5)6)22-12-14-15(28-8)10-13(27-7)11-16(14)29-9/h10-11H,12H2,1-9H3,(H2,22,23,24,25,26). The molecule has 0 unspecified atom stereocenters. The summed E-state index contributed by atoms with van der Waals surface area (Å²) < 4.78 is 26.5. The van der Waals surface area contributed by atoms with E-state index in [1.165, 1.54) is 21.3 Å². The lowest BCUT2D eigenvalue weighted by Gasteiger charge is -2.22. The highest BCUT2D eigenvalue weighted by Gasteiger charge is 2.22. The molecule has 2 N–H and O–H groups in total. The quantitative estimate of drug-likeness (QED) is 0.532. The van der Waals surface area contributed by atoms with Crippen LogP contribution >= 0.6 is 0 Å². The first-order chi connectivity index (χ1) is 14.3. The van der Waals surface area contributed by atoms with E-state index in [1.54, 1.807) is 53.7 Å². The summed E-state index contributed by atoms with van der Waals surface area (Å²) in [7, 11) is 4.53. The number of hydrogen-bond donors (Lipinski definition) is 2. The number of rotatable bonds is 5. The van der Waals surface area contributed by atoms with E-state index in [4.69, 9.17) is 23.7 Å². The van der Waals surface area contributed by atoms with Gasteiger partial charge in [-0.15, -0.1) is 0 Å². The Bertz CT molecular complexity index is 751. The molecule has 1 rings (SSSR count). The van der Waals surface area contributed by atoms with Gasteiger partial charge in [-0.3, -0.25) is 10.6 Å². The van der Waals surface area contributed by atoms with Crippen molar-refractivity contribution in [3.05, 3.63) is 17.7 Å². The van der Waals surface area contributed by atoms with Gasteiger partial charge >= 0.3 is 12.2 Å². The molecule has 0 fully saturated rings. The summed E-state index contributed by atoms with van der Waals surface area (Å²) in [5.41, 5.74) is -0.882. The van der Waals surface area contributed by atoms with E-state index in [9.17, 15) is 9.59 Å². The predicted octanol–water partition coefficient (Wildman–Crippen LogP) is 3.62. The monoisotopic (exact) mass is 439 g/mol. The lowest BCUT2D eigenvalue weighted by atomic mass is 10.1. The van der Waals surface area contributed by atoms with Gasteiger partial charge in [-0.05, 0) is 41.5 Å². The maximum absolute atomic E-state index is 12.2. The van der Waals surface area contributed by atoms with Crippen molar-refractivity contribution in [3.63, 3.8) is 0 Å². The Morgan fingerprint density at radius 3 is 1.55 bits per heavy atom. The Morgan fingerprint density at radius 1 is 0.806 bits per heavy atom. The van der Waals surface area contributed by atoms with Crippen LogP contribution in [-0.2, 0) is 16.0 Å². The van der Waals surface area contributed by atoms with E-state index >= 15 is 0 Å². The Morgan fingerprint density at radius 2 is 1.23 bits per heavy atom. The molecule has 0 aliphatic carbocycles. The second-order valence-electron chi connectivity index (χ2n) is 8.43. The van der Waals surface area contributed by atoms with Crippen molar-refractivity contribution < 1.29 is 33.3 Å². The van der Waals surface area contributed by atoms with Gasteiger partial charge in [0.25, 0.3) is 0 Å². The van der Waals surface area contributed by atoms with Crippen molar-refractivity contribution in [1.82, 2.24) is 10.6 Å². The van der Waals surface area contributed by atoms with Gasteiger partial charge in [-0.2, -0.15) is 0 Å². The van der Waals surface area contributed by atoms with E-state index in [-0.39, 0.29) is 12.5 Å². The molecule has 10 heteroatoms. The smallest absolute Gasteiger partial charge is 0.414 e. The van der Waals surface area contributed by atoms with Gasteiger partial charge in [0.05, 0.1) is 33.4 Å². The van der Waals surface area contributed by atoms with E-state index < -0.39 is 23.4 Å².